The smallest absolute Gasteiger partial charge is 0.216 e. The van der Waals surface area contributed by atoms with Crippen LogP contribution in [0.3, 0.4) is 0 Å². The van der Waals surface area contributed by atoms with Gasteiger partial charge in [0.25, 0.3) is 0 Å². The molecule has 0 saturated carbocycles. The quantitative estimate of drug-likeness (QED) is 0.596. The molecule has 0 aliphatic heterocycles. The fourth-order valence-corrected chi connectivity index (χ4v) is 2.27. The van der Waals surface area contributed by atoms with Crippen LogP contribution in [0.25, 0.3) is 11.4 Å². The van der Waals surface area contributed by atoms with E-state index >= 15 is 0 Å². The van der Waals surface area contributed by atoms with Crippen LogP contribution in [0.2, 0.25) is 0 Å². The molecule has 0 spiro atoms. The average Bonchev–Trinajstić information content (AvgIpc) is 3.03. The zero-order valence-corrected chi connectivity index (χ0v) is 12.6. The number of nitrogens with one attached hydrogen (secondary N) is 1. The number of benzene rings is 1. The maximum absolute atomic E-state index is 5.26. The Morgan fingerprint density at radius 1 is 1.29 bits per heavy atom. The lowest BCUT2D eigenvalue weighted by molar-refractivity contribution is 0.862. The normalized spacial score (nSPS) is 11.3. The van der Waals surface area contributed by atoms with Crippen LogP contribution in [-0.4, -0.2) is 25.7 Å². The summed E-state index contributed by atoms with van der Waals surface area (Å²) in [6, 6.07) is 12.0. The Balaban J connectivity index is 2.04. The first kappa shape index (κ1) is 13.5. The van der Waals surface area contributed by atoms with E-state index in [-0.39, 0.29) is 0 Å². The van der Waals surface area contributed by atoms with E-state index < -0.39 is 0 Å². The number of aromatic nitrogens is 4. The standard InChI is InChI=1S/C15H15N5S/c1-11-5-3-6-12(9-11)14-17-18-15(21)20(14)16-10-13-7-4-8-19(13)2/h3-10H,1-2H3,(H,18,21). The van der Waals surface area contributed by atoms with Crippen LogP contribution < -0.4 is 0 Å². The lowest BCUT2D eigenvalue weighted by Gasteiger charge is -2.02. The molecule has 0 unspecified atom stereocenters. The summed E-state index contributed by atoms with van der Waals surface area (Å²) in [5.74, 6) is 0.703. The first-order valence-corrected chi connectivity index (χ1v) is 6.96. The minimum Gasteiger partial charge on any atom is -0.350 e. The molecule has 2 heterocycles. The van der Waals surface area contributed by atoms with Crippen molar-refractivity contribution in [1.82, 2.24) is 19.4 Å². The van der Waals surface area contributed by atoms with Crippen LogP contribution in [0.4, 0.5) is 0 Å². The van der Waals surface area contributed by atoms with Crippen molar-refractivity contribution in [3.63, 3.8) is 0 Å². The molecular weight excluding hydrogens is 282 g/mol. The van der Waals surface area contributed by atoms with E-state index in [1.54, 1.807) is 10.9 Å². The lowest BCUT2D eigenvalue weighted by atomic mass is 10.1. The third-order valence-electron chi connectivity index (χ3n) is 3.22. The molecule has 1 N–H and O–H groups in total. The number of nitrogens with zero attached hydrogens (tertiary/aromatic N) is 4. The maximum atomic E-state index is 5.26. The number of H-pyrrole nitrogens is 1. The van der Waals surface area contributed by atoms with E-state index in [0.29, 0.717) is 10.6 Å². The zero-order valence-electron chi connectivity index (χ0n) is 11.8. The predicted molar refractivity (Wildman–Crippen MR) is 86.0 cm³/mol. The van der Waals surface area contributed by atoms with Crippen molar-refractivity contribution in [2.75, 3.05) is 0 Å². The maximum Gasteiger partial charge on any atom is 0.216 e. The fraction of sp³-hybridized carbons (Fsp3) is 0.133. The second-order valence-electron chi connectivity index (χ2n) is 4.82. The van der Waals surface area contributed by atoms with E-state index in [9.17, 15) is 0 Å². The van der Waals surface area contributed by atoms with Gasteiger partial charge in [-0.25, -0.2) is 5.10 Å². The van der Waals surface area contributed by atoms with Gasteiger partial charge in [-0.05, 0) is 37.3 Å². The molecule has 0 saturated heterocycles. The summed E-state index contributed by atoms with van der Waals surface area (Å²) in [5, 5.41) is 11.5. The molecule has 1 aromatic carbocycles. The van der Waals surface area contributed by atoms with Crippen molar-refractivity contribution in [2.45, 2.75) is 6.92 Å². The number of hydrogen-bond acceptors (Lipinski definition) is 3. The molecular formula is C15H15N5S. The van der Waals surface area contributed by atoms with Crippen molar-refractivity contribution in [3.8, 4) is 11.4 Å². The molecule has 106 valence electrons. The molecule has 0 aliphatic rings. The Bertz CT molecular complexity index is 853. The third kappa shape index (κ3) is 2.71. The van der Waals surface area contributed by atoms with Crippen LogP contribution in [0, 0.1) is 11.7 Å². The van der Waals surface area contributed by atoms with E-state index in [0.717, 1.165) is 11.3 Å². The Labute approximate surface area is 127 Å². The highest BCUT2D eigenvalue weighted by atomic mass is 32.1. The Hall–Kier alpha value is -2.47. The van der Waals surface area contributed by atoms with E-state index in [4.69, 9.17) is 12.2 Å². The summed E-state index contributed by atoms with van der Waals surface area (Å²) in [7, 11) is 1.97. The van der Waals surface area contributed by atoms with E-state index in [1.165, 1.54) is 5.56 Å². The second-order valence-corrected chi connectivity index (χ2v) is 5.21. The Morgan fingerprint density at radius 3 is 2.86 bits per heavy atom. The van der Waals surface area contributed by atoms with Crippen molar-refractivity contribution < 1.29 is 0 Å². The first-order chi connectivity index (χ1) is 10.1. The second kappa shape index (κ2) is 5.49. The SMILES string of the molecule is Cc1cccc(-c2n[nH]c(=S)n2N=Cc2cccn2C)c1. The van der Waals surface area contributed by atoms with Crippen LogP contribution in [0.5, 0.6) is 0 Å². The van der Waals surface area contributed by atoms with Gasteiger partial charge in [0.2, 0.25) is 4.77 Å². The number of aryl methyl sites for hydroxylation is 2. The summed E-state index contributed by atoms with van der Waals surface area (Å²) in [4.78, 5) is 0. The Morgan fingerprint density at radius 2 is 2.14 bits per heavy atom. The van der Waals surface area contributed by atoms with Gasteiger partial charge in [-0.1, -0.05) is 23.8 Å². The number of rotatable bonds is 3. The predicted octanol–water partition coefficient (Wildman–Crippen LogP) is 3.14. The van der Waals surface area contributed by atoms with Gasteiger partial charge in [-0.15, -0.1) is 0 Å². The molecule has 5 nitrogen and oxygen atoms in total. The average molecular weight is 297 g/mol. The largest absolute Gasteiger partial charge is 0.350 e. The van der Waals surface area contributed by atoms with Crippen LogP contribution in [0.1, 0.15) is 11.3 Å². The summed E-state index contributed by atoms with van der Waals surface area (Å²) in [6.45, 7) is 2.04. The van der Waals surface area contributed by atoms with E-state index in [1.807, 2.05) is 55.1 Å². The molecule has 0 atom stereocenters. The highest BCUT2D eigenvalue weighted by molar-refractivity contribution is 7.71. The molecule has 3 rings (SSSR count). The molecule has 0 fully saturated rings. The van der Waals surface area contributed by atoms with Gasteiger partial charge in [-0.3, -0.25) is 0 Å². The monoisotopic (exact) mass is 297 g/mol. The van der Waals surface area contributed by atoms with Gasteiger partial charge in [-0.2, -0.15) is 14.9 Å². The molecule has 0 amide bonds. The number of aromatic amines is 1. The molecule has 6 heteroatoms. The molecule has 0 aliphatic carbocycles. The minimum absolute atomic E-state index is 0.469. The van der Waals surface area contributed by atoms with Crippen LogP contribution in [-0.2, 0) is 7.05 Å². The highest BCUT2D eigenvalue weighted by Crippen LogP contribution is 2.18. The van der Waals surface area contributed by atoms with Crippen molar-refractivity contribution in [3.05, 3.63) is 58.6 Å². The van der Waals surface area contributed by atoms with Crippen molar-refractivity contribution in [1.29, 1.82) is 0 Å². The van der Waals surface area contributed by atoms with E-state index in [2.05, 4.69) is 21.4 Å². The van der Waals surface area contributed by atoms with Gasteiger partial charge in [0.15, 0.2) is 5.82 Å². The topological polar surface area (TPSA) is 50.9 Å². The van der Waals surface area contributed by atoms with Crippen molar-refractivity contribution in [2.24, 2.45) is 12.1 Å². The molecule has 0 radical (unpaired) electrons. The highest BCUT2D eigenvalue weighted by Gasteiger charge is 2.08. The van der Waals surface area contributed by atoms with Crippen LogP contribution in [0.15, 0.2) is 47.7 Å². The number of hydrogen-bond donors (Lipinski definition) is 1. The Kier molecular flexibility index (Phi) is 3.53. The van der Waals surface area contributed by atoms with Crippen molar-refractivity contribution >= 4 is 18.4 Å². The zero-order chi connectivity index (χ0) is 14.8. The minimum atomic E-state index is 0.469. The van der Waals surface area contributed by atoms with Gasteiger partial charge < -0.3 is 4.57 Å². The lowest BCUT2D eigenvalue weighted by Crippen LogP contribution is -1.98. The molecule has 3 aromatic rings. The van der Waals surface area contributed by atoms with Gasteiger partial charge in [0.05, 0.1) is 11.9 Å². The van der Waals surface area contributed by atoms with Gasteiger partial charge in [0.1, 0.15) is 0 Å². The molecule has 21 heavy (non-hydrogen) atoms. The third-order valence-corrected chi connectivity index (χ3v) is 3.48. The molecule has 0 bridgehead atoms. The summed E-state index contributed by atoms with van der Waals surface area (Å²) in [5.41, 5.74) is 3.14. The van der Waals surface area contributed by atoms with Gasteiger partial charge in [0, 0.05) is 18.8 Å². The molecule has 2 aromatic heterocycles. The summed E-state index contributed by atoms with van der Waals surface area (Å²) in [6.07, 6.45) is 3.74. The summed E-state index contributed by atoms with van der Waals surface area (Å²) >= 11 is 5.26. The van der Waals surface area contributed by atoms with Crippen LogP contribution >= 0.6 is 12.2 Å². The van der Waals surface area contributed by atoms with Gasteiger partial charge >= 0.3 is 0 Å². The summed E-state index contributed by atoms with van der Waals surface area (Å²) < 4.78 is 4.09. The first-order valence-electron chi connectivity index (χ1n) is 6.55. The fourth-order valence-electron chi connectivity index (χ4n) is 2.10.